The average molecular weight is 598 g/mol. The predicted octanol–water partition coefficient (Wildman–Crippen LogP) is 5.19. The highest BCUT2D eigenvalue weighted by Gasteiger charge is 2.33. The minimum Gasteiger partial charge on any atom is -0.493 e. The molecule has 0 saturated heterocycles. The maximum Gasteiger partial charge on any atom is 0.407 e. The van der Waals surface area contributed by atoms with Gasteiger partial charge >= 0.3 is 12.1 Å². The van der Waals surface area contributed by atoms with Crippen molar-refractivity contribution in [3.8, 4) is 34.1 Å². The first kappa shape index (κ1) is 30.5. The third-order valence-electron chi connectivity index (χ3n) is 7.15. The summed E-state index contributed by atoms with van der Waals surface area (Å²) in [6, 6.07) is 10.9. The fourth-order valence-electron chi connectivity index (χ4n) is 5.15. The SMILES string of the molecule is COC(=O)N[C@@H]1CCc2c(COC(=O)c3ccc(CCl)cc3)c(OC)c(OC)c(OC)c2-c2ccc(OC)c(=O)cc21. The molecule has 222 valence electrons. The number of methoxy groups -OCH3 is 5. The fraction of sp³-hybridized carbons (Fsp3) is 0.323. The molecule has 1 aliphatic carbocycles. The van der Waals surface area contributed by atoms with Crippen LogP contribution in [0.4, 0.5) is 4.79 Å². The molecule has 0 bridgehead atoms. The summed E-state index contributed by atoms with van der Waals surface area (Å²) in [5.41, 5.74) is 3.89. The lowest BCUT2D eigenvalue weighted by atomic mass is 9.91. The number of alkyl carbamates (subject to hydrolysis) is 1. The van der Waals surface area contributed by atoms with E-state index in [9.17, 15) is 14.4 Å². The van der Waals surface area contributed by atoms with Crippen molar-refractivity contribution in [1.82, 2.24) is 5.32 Å². The van der Waals surface area contributed by atoms with Gasteiger partial charge in [-0.3, -0.25) is 4.79 Å². The lowest BCUT2D eigenvalue weighted by Crippen LogP contribution is -2.28. The fourth-order valence-corrected chi connectivity index (χ4v) is 5.32. The van der Waals surface area contributed by atoms with E-state index in [0.717, 1.165) is 11.1 Å². The standard InChI is InChI=1S/C31H32ClNO9/c1-37-25-13-11-19-21(14-24(25)34)23(33-31(36)41-5)12-10-20-22(27(38-2)29(40-4)28(39-3)26(19)20)16-42-30(35)18-8-6-17(15-32)7-9-18/h6-9,11,13-14,23H,10,12,15-16H2,1-5H3,(H,33,36)/t23-/m1/s1. The van der Waals surface area contributed by atoms with Crippen molar-refractivity contribution in [3.05, 3.63) is 80.5 Å². The van der Waals surface area contributed by atoms with Crippen LogP contribution in [-0.4, -0.2) is 47.6 Å². The van der Waals surface area contributed by atoms with E-state index in [2.05, 4.69) is 5.32 Å². The molecule has 0 aromatic heterocycles. The summed E-state index contributed by atoms with van der Waals surface area (Å²) in [7, 11) is 7.14. The minimum atomic E-state index is -0.653. The highest BCUT2D eigenvalue weighted by Crippen LogP contribution is 2.52. The number of rotatable bonds is 9. The number of carbonyl (C=O) groups excluding carboxylic acids is 2. The van der Waals surface area contributed by atoms with Crippen molar-refractivity contribution in [2.45, 2.75) is 31.4 Å². The molecule has 1 N–H and O–H groups in total. The molecule has 4 rings (SSSR count). The Kier molecular flexibility index (Phi) is 9.80. The van der Waals surface area contributed by atoms with Crippen LogP contribution in [0.25, 0.3) is 11.1 Å². The van der Waals surface area contributed by atoms with Gasteiger partial charge in [0.05, 0.1) is 47.2 Å². The Bertz CT molecular complexity index is 1540. The topological polar surface area (TPSA) is 119 Å². The number of hydrogen-bond acceptors (Lipinski definition) is 9. The van der Waals surface area contributed by atoms with E-state index in [1.165, 1.54) is 41.6 Å². The number of amides is 1. The Labute approximate surface area is 248 Å². The van der Waals surface area contributed by atoms with E-state index < -0.39 is 18.1 Å². The number of nitrogens with one attached hydrogen (secondary N) is 1. The Morgan fingerprint density at radius 1 is 0.905 bits per heavy atom. The van der Waals surface area contributed by atoms with Crippen molar-refractivity contribution in [2.24, 2.45) is 0 Å². The number of halogens is 1. The Hall–Kier alpha value is -4.44. The molecule has 42 heavy (non-hydrogen) atoms. The molecule has 0 radical (unpaired) electrons. The van der Waals surface area contributed by atoms with Crippen LogP contribution in [0.15, 0.2) is 47.3 Å². The molecular formula is C31H32ClNO9. The first-order chi connectivity index (χ1) is 20.3. The van der Waals surface area contributed by atoms with Gasteiger partial charge in [-0.1, -0.05) is 18.2 Å². The first-order valence-electron chi connectivity index (χ1n) is 13.0. The van der Waals surface area contributed by atoms with Crippen LogP contribution in [-0.2, 0) is 28.4 Å². The molecule has 0 spiro atoms. The smallest absolute Gasteiger partial charge is 0.407 e. The number of ether oxygens (including phenoxy) is 6. The van der Waals surface area contributed by atoms with E-state index in [0.29, 0.717) is 58.0 Å². The van der Waals surface area contributed by atoms with Crippen LogP contribution in [0.5, 0.6) is 23.0 Å². The summed E-state index contributed by atoms with van der Waals surface area (Å²) >= 11 is 5.88. The summed E-state index contributed by atoms with van der Waals surface area (Å²) in [4.78, 5) is 38.4. The molecule has 10 nitrogen and oxygen atoms in total. The van der Waals surface area contributed by atoms with Crippen LogP contribution < -0.4 is 29.7 Å². The molecule has 1 aliphatic rings. The number of alkyl halides is 1. The second-order valence-corrected chi connectivity index (χ2v) is 9.61. The van der Waals surface area contributed by atoms with Gasteiger partial charge in [0.2, 0.25) is 11.2 Å². The first-order valence-corrected chi connectivity index (χ1v) is 13.6. The van der Waals surface area contributed by atoms with Crippen molar-refractivity contribution >= 4 is 23.7 Å². The van der Waals surface area contributed by atoms with Gasteiger partial charge < -0.3 is 33.7 Å². The summed E-state index contributed by atoms with van der Waals surface area (Å²) < 4.78 is 33.4. The molecule has 11 heteroatoms. The Balaban J connectivity index is 1.94. The van der Waals surface area contributed by atoms with Crippen LogP contribution >= 0.6 is 11.6 Å². The Morgan fingerprint density at radius 2 is 1.60 bits per heavy atom. The lowest BCUT2D eigenvalue weighted by molar-refractivity contribution is 0.0468. The molecule has 0 fully saturated rings. The molecule has 1 amide bonds. The number of carbonyl (C=O) groups is 2. The zero-order valence-electron chi connectivity index (χ0n) is 24.0. The maximum atomic E-state index is 13.0. The van der Waals surface area contributed by atoms with Gasteiger partial charge in [-0.15, -0.1) is 11.6 Å². The molecule has 0 heterocycles. The average Bonchev–Trinajstić information content (AvgIpc) is 3.27. The van der Waals surface area contributed by atoms with Gasteiger partial charge in [-0.2, -0.15) is 0 Å². The van der Waals surface area contributed by atoms with Crippen molar-refractivity contribution < 1.29 is 38.0 Å². The monoisotopic (exact) mass is 597 g/mol. The highest BCUT2D eigenvalue weighted by molar-refractivity contribution is 6.17. The number of hydrogen-bond donors (Lipinski definition) is 1. The molecule has 3 aromatic carbocycles. The molecule has 1 atom stereocenters. The second-order valence-electron chi connectivity index (χ2n) is 9.35. The molecule has 0 aliphatic heterocycles. The molecule has 3 aromatic rings. The third-order valence-corrected chi connectivity index (χ3v) is 7.46. The van der Waals surface area contributed by atoms with E-state index in [1.807, 2.05) is 0 Å². The zero-order valence-corrected chi connectivity index (χ0v) is 24.8. The number of fused-ring (bicyclic) bond motifs is 3. The van der Waals surface area contributed by atoms with Gasteiger partial charge in [0.15, 0.2) is 17.2 Å². The largest absolute Gasteiger partial charge is 0.493 e. The second kappa shape index (κ2) is 13.5. The predicted molar refractivity (Wildman–Crippen MR) is 156 cm³/mol. The molecule has 0 saturated carbocycles. The normalized spacial score (nSPS) is 13.5. The van der Waals surface area contributed by atoms with Crippen LogP contribution in [0.3, 0.4) is 0 Å². The molecular weight excluding hydrogens is 566 g/mol. The van der Waals surface area contributed by atoms with Crippen LogP contribution in [0.1, 0.15) is 45.1 Å². The summed E-state index contributed by atoms with van der Waals surface area (Å²) in [5.74, 6) is 0.885. The van der Waals surface area contributed by atoms with Crippen molar-refractivity contribution in [1.29, 1.82) is 0 Å². The number of benzene rings is 2. The lowest BCUT2D eigenvalue weighted by Gasteiger charge is -2.23. The van der Waals surface area contributed by atoms with Crippen molar-refractivity contribution in [2.75, 3.05) is 35.5 Å². The van der Waals surface area contributed by atoms with E-state index in [-0.39, 0.29) is 23.5 Å². The van der Waals surface area contributed by atoms with Gasteiger partial charge in [0.1, 0.15) is 6.61 Å². The van der Waals surface area contributed by atoms with Crippen molar-refractivity contribution in [3.63, 3.8) is 0 Å². The summed E-state index contributed by atoms with van der Waals surface area (Å²) in [6.45, 7) is -0.151. The minimum absolute atomic E-state index is 0.121. The summed E-state index contributed by atoms with van der Waals surface area (Å²) in [6.07, 6.45) is 0.113. The highest BCUT2D eigenvalue weighted by atomic mass is 35.5. The van der Waals surface area contributed by atoms with Gasteiger partial charge in [-0.05, 0) is 59.4 Å². The van der Waals surface area contributed by atoms with Gasteiger partial charge in [0, 0.05) is 17.0 Å². The number of esters is 1. The summed E-state index contributed by atoms with van der Waals surface area (Å²) in [5, 5.41) is 2.83. The van der Waals surface area contributed by atoms with E-state index in [4.69, 9.17) is 40.0 Å². The van der Waals surface area contributed by atoms with Crippen LogP contribution in [0.2, 0.25) is 0 Å². The zero-order chi connectivity index (χ0) is 30.4. The quantitative estimate of drug-likeness (QED) is 0.263. The van der Waals surface area contributed by atoms with Gasteiger partial charge in [-0.25, -0.2) is 9.59 Å². The molecule has 0 unspecified atom stereocenters. The van der Waals surface area contributed by atoms with Gasteiger partial charge in [0.25, 0.3) is 0 Å². The van der Waals surface area contributed by atoms with E-state index >= 15 is 0 Å². The Morgan fingerprint density at radius 3 is 2.19 bits per heavy atom. The maximum absolute atomic E-state index is 13.0. The third kappa shape index (κ3) is 5.94. The van der Waals surface area contributed by atoms with E-state index in [1.54, 1.807) is 36.4 Å². The van der Waals surface area contributed by atoms with Crippen LogP contribution in [0, 0.1) is 0 Å².